The topological polar surface area (TPSA) is 48.5 Å². The standard InChI is InChI=1S/C57H39N5/c1-4-18-38(19-5-1)41-24-16-26-43(36-41)55-58-56(44-27-17-25-42(37-44)39-20-6-2-7-21-39)60-57(59-55)62-52-33-15-12-30-47(52)49-35-34-48-46-29-11-14-32-51(46)61(53(48)54(49)62)50-31-13-10-28-45(50)40-22-8-3-9-23-40/h1-6,8-20,22-37H,7,21H2. The molecule has 5 heteroatoms. The number of rotatable bonds is 7. The number of nitrogens with zero attached hydrogens (tertiary/aromatic N) is 5. The summed E-state index contributed by atoms with van der Waals surface area (Å²) in [6.07, 6.45) is 8.64. The Balaban J connectivity index is 1.18. The van der Waals surface area contributed by atoms with E-state index in [-0.39, 0.29) is 0 Å². The molecule has 11 aromatic rings. The van der Waals surface area contributed by atoms with Crippen LogP contribution in [0.5, 0.6) is 0 Å². The molecule has 8 aromatic carbocycles. The van der Waals surface area contributed by atoms with Crippen molar-refractivity contribution in [2.24, 2.45) is 0 Å². The maximum absolute atomic E-state index is 5.47. The first-order chi connectivity index (χ1) is 30.8. The highest BCUT2D eigenvalue weighted by atomic mass is 15.2. The minimum Gasteiger partial charge on any atom is -0.307 e. The summed E-state index contributed by atoms with van der Waals surface area (Å²) >= 11 is 0. The van der Waals surface area contributed by atoms with E-state index in [1.54, 1.807) is 0 Å². The Morgan fingerprint density at radius 1 is 0.387 bits per heavy atom. The van der Waals surface area contributed by atoms with Gasteiger partial charge in [-0.2, -0.15) is 9.97 Å². The smallest absolute Gasteiger partial charge is 0.238 e. The van der Waals surface area contributed by atoms with Gasteiger partial charge in [-0.1, -0.05) is 182 Å². The fraction of sp³-hybridized carbons (Fsp3) is 0.0351. The zero-order valence-corrected chi connectivity index (χ0v) is 33.9. The van der Waals surface area contributed by atoms with Crippen molar-refractivity contribution in [3.63, 3.8) is 0 Å². The summed E-state index contributed by atoms with van der Waals surface area (Å²) in [5.74, 6) is 1.80. The summed E-state index contributed by atoms with van der Waals surface area (Å²) in [4.78, 5) is 16.2. The van der Waals surface area contributed by atoms with Gasteiger partial charge in [-0.25, -0.2) is 4.98 Å². The quantitative estimate of drug-likeness (QED) is 0.161. The molecule has 3 heterocycles. The molecule has 0 N–H and O–H groups in total. The van der Waals surface area contributed by atoms with Crippen LogP contribution in [0.15, 0.2) is 212 Å². The van der Waals surface area contributed by atoms with Crippen molar-refractivity contribution >= 4 is 49.2 Å². The third-order valence-electron chi connectivity index (χ3n) is 12.3. The normalized spacial score (nSPS) is 12.7. The molecule has 0 amide bonds. The van der Waals surface area contributed by atoms with Crippen LogP contribution in [0.3, 0.4) is 0 Å². The van der Waals surface area contributed by atoms with Crippen molar-refractivity contribution in [1.29, 1.82) is 0 Å². The molecule has 1 aliphatic rings. The Morgan fingerprint density at radius 2 is 0.919 bits per heavy atom. The average molecular weight is 794 g/mol. The molecular formula is C57H39N5. The van der Waals surface area contributed by atoms with Crippen LogP contribution in [0.25, 0.3) is 106 Å². The van der Waals surface area contributed by atoms with Crippen LogP contribution < -0.4 is 0 Å². The van der Waals surface area contributed by atoms with Gasteiger partial charge in [0.1, 0.15) is 0 Å². The summed E-state index contributed by atoms with van der Waals surface area (Å²) in [6.45, 7) is 0. The summed E-state index contributed by atoms with van der Waals surface area (Å²) < 4.78 is 4.73. The van der Waals surface area contributed by atoms with Crippen molar-refractivity contribution in [3.05, 3.63) is 218 Å². The molecule has 5 nitrogen and oxygen atoms in total. The third kappa shape index (κ3) is 5.97. The Bertz CT molecular complexity index is 3570. The number of para-hydroxylation sites is 3. The Morgan fingerprint density at radius 3 is 1.60 bits per heavy atom. The Labute approximate surface area is 359 Å². The molecule has 0 spiro atoms. The minimum atomic E-state index is 0.562. The lowest BCUT2D eigenvalue weighted by Crippen LogP contribution is -2.07. The molecule has 0 unspecified atom stereocenters. The maximum Gasteiger partial charge on any atom is 0.238 e. The van der Waals surface area contributed by atoms with E-state index in [0.29, 0.717) is 17.6 Å². The summed E-state index contributed by atoms with van der Waals surface area (Å²) in [7, 11) is 0. The SMILES string of the molecule is C1=CCCC(c2cccc(-c3nc(-c4cccc(-c5ccccc5)c4)nc(-n4c5ccccc5c5ccc6c7ccccc7n(-c7ccccc7-c7ccccc7)c6c54)n3)c2)=C1. The summed E-state index contributed by atoms with van der Waals surface area (Å²) in [5, 5.41) is 4.60. The minimum absolute atomic E-state index is 0.562. The third-order valence-corrected chi connectivity index (χ3v) is 12.3. The van der Waals surface area contributed by atoms with Crippen LogP contribution in [0.1, 0.15) is 18.4 Å². The van der Waals surface area contributed by atoms with Gasteiger partial charge in [0.15, 0.2) is 11.6 Å². The van der Waals surface area contributed by atoms with Gasteiger partial charge in [-0.05, 0) is 71.0 Å². The highest BCUT2D eigenvalue weighted by Gasteiger charge is 2.24. The zero-order chi connectivity index (χ0) is 41.0. The Kier molecular flexibility index (Phi) is 8.56. The van der Waals surface area contributed by atoms with E-state index in [4.69, 9.17) is 15.0 Å². The number of fused-ring (bicyclic) bond motifs is 7. The second kappa shape index (κ2) is 14.8. The van der Waals surface area contributed by atoms with E-state index in [0.717, 1.165) is 90.1 Å². The van der Waals surface area contributed by atoms with E-state index < -0.39 is 0 Å². The molecule has 292 valence electrons. The second-order valence-electron chi connectivity index (χ2n) is 15.9. The predicted molar refractivity (Wildman–Crippen MR) is 257 cm³/mol. The lowest BCUT2D eigenvalue weighted by atomic mass is 9.96. The second-order valence-corrected chi connectivity index (χ2v) is 15.9. The molecule has 0 aliphatic heterocycles. The van der Waals surface area contributed by atoms with Crippen LogP contribution >= 0.6 is 0 Å². The molecule has 62 heavy (non-hydrogen) atoms. The molecule has 0 bridgehead atoms. The van der Waals surface area contributed by atoms with Gasteiger partial charge in [0, 0.05) is 38.2 Å². The zero-order valence-electron chi connectivity index (χ0n) is 33.9. The summed E-state index contributed by atoms with van der Waals surface area (Å²) in [6, 6.07) is 69.0. The van der Waals surface area contributed by atoms with E-state index in [1.165, 1.54) is 16.5 Å². The van der Waals surface area contributed by atoms with Gasteiger partial charge in [0.25, 0.3) is 0 Å². The fourth-order valence-electron chi connectivity index (χ4n) is 9.38. The molecule has 12 rings (SSSR count). The highest BCUT2D eigenvalue weighted by molar-refractivity contribution is 6.24. The molecule has 0 saturated carbocycles. The number of aromatic nitrogens is 5. The van der Waals surface area contributed by atoms with E-state index in [1.807, 2.05) is 6.07 Å². The molecule has 0 fully saturated rings. The molecule has 0 atom stereocenters. The first-order valence-electron chi connectivity index (χ1n) is 21.3. The molecule has 0 radical (unpaired) electrons. The van der Waals surface area contributed by atoms with Gasteiger partial charge in [0.05, 0.1) is 27.8 Å². The van der Waals surface area contributed by atoms with Gasteiger partial charge in [-0.3, -0.25) is 4.57 Å². The maximum atomic E-state index is 5.47. The highest BCUT2D eigenvalue weighted by Crippen LogP contribution is 2.43. The number of hydrogen-bond donors (Lipinski definition) is 0. The van der Waals surface area contributed by atoms with Crippen LogP contribution in [-0.4, -0.2) is 24.1 Å². The summed E-state index contributed by atoms with van der Waals surface area (Å²) in [5.41, 5.74) is 14.3. The lowest BCUT2D eigenvalue weighted by molar-refractivity contribution is 0.953. The number of allylic oxidation sites excluding steroid dienone is 4. The van der Waals surface area contributed by atoms with Gasteiger partial charge in [-0.15, -0.1) is 0 Å². The van der Waals surface area contributed by atoms with Crippen molar-refractivity contribution < 1.29 is 0 Å². The first kappa shape index (κ1) is 35.8. The van der Waals surface area contributed by atoms with E-state index in [2.05, 4.69) is 215 Å². The van der Waals surface area contributed by atoms with Crippen molar-refractivity contribution in [2.45, 2.75) is 12.8 Å². The fourth-order valence-corrected chi connectivity index (χ4v) is 9.38. The first-order valence-corrected chi connectivity index (χ1v) is 21.3. The van der Waals surface area contributed by atoms with Crippen molar-refractivity contribution in [2.75, 3.05) is 0 Å². The van der Waals surface area contributed by atoms with E-state index >= 15 is 0 Å². The molecule has 1 aliphatic carbocycles. The number of hydrogen-bond acceptors (Lipinski definition) is 3. The van der Waals surface area contributed by atoms with Gasteiger partial charge < -0.3 is 4.57 Å². The largest absolute Gasteiger partial charge is 0.307 e. The van der Waals surface area contributed by atoms with Crippen LogP contribution in [0, 0.1) is 0 Å². The van der Waals surface area contributed by atoms with Crippen molar-refractivity contribution in [3.8, 4) is 56.7 Å². The van der Waals surface area contributed by atoms with Crippen LogP contribution in [0.2, 0.25) is 0 Å². The molecular weight excluding hydrogens is 755 g/mol. The van der Waals surface area contributed by atoms with Gasteiger partial charge in [0.2, 0.25) is 5.95 Å². The average Bonchev–Trinajstić information content (AvgIpc) is 3.88. The van der Waals surface area contributed by atoms with Crippen LogP contribution in [-0.2, 0) is 0 Å². The monoisotopic (exact) mass is 793 g/mol. The number of benzene rings is 8. The lowest BCUT2D eigenvalue weighted by Gasteiger charge is -2.16. The molecule has 0 saturated heterocycles. The predicted octanol–water partition coefficient (Wildman–Crippen LogP) is 14.5. The van der Waals surface area contributed by atoms with Crippen LogP contribution in [0.4, 0.5) is 0 Å². The Hall–Kier alpha value is -8.15. The van der Waals surface area contributed by atoms with Gasteiger partial charge >= 0.3 is 0 Å². The molecule has 3 aromatic heterocycles. The van der Waals surface area contributed by atoms with Crippen molar-refractivity contribution in [1.82, 2.24) is 24.1 Å². The van der Waals surface area contributed by atoms with E-state index in [9.17, 15) is 0 Å².